The van der Waals surface area contributed by atoms with E-state index in [4.69, 9.17) is 5.73 Å². The van der Waals surface area contributed by atoms with Gasteiger partial charge in [-0.1, -0.05) is 6.92 Å². The highest BCUT2D eigenvalue weighted by molar-refractivity contribution is 7.15. The molecule has 0 amide bonds. The zero-order valence-corrected chi connectivity index (χ0v) is 10.0. The summed E-state index contributed by atoms with van der Waals surface area (Å²) < 4.78 is 0. The molecule has 0 aliphatic heterocycles. The lowest BCUT2D eigenvalue weighted by molar-refractivity contribution is 1.11. The SMILES string of the molecule is CCc1c(N)n[nH]c1-c1cc(C)c(C)s1. The van der Waals surface area contributed by atoms with E-state index in [2.05, 4.69) is 37.0 Å². The van der Waals surface area contributed by atoms with E-state index in [1.807, 2.05) is 0 Å². The Hall–Kier alpha value is -1.29. The molecule has 80 valence electrons. The molecule has 4 heteroatoms. The highest BCUT2D eigenvalue weighted by Gasteiger charge is 2.13. The van der Waals surface area contributed by atoms with Gasteiger partial charge < -0.3 is 5.73 Å². The highest BCUT2D eigenvalue weighted by Crippen LogP contribution is 2.33. The van der Waals surface area contributed by atoms with Crippen LogP contribution < -0.4 is 5.73 Å². The maximum Gasteiger partial charge on any atom is 0.149 e. The van der Waals surface area contributed by atoms with Crippen LogP contribution in [0.2, 0.25) is 0 Å². The van der Waals surface area contributed by atoms with Crippen molar-refractivity contribution in [1.82, 2.24) is 10.2 Å². The molecule has 0 bridgehead atoms. The van der Waals surface area contributed by atoms with Crippen molar-refractivity contribution in [1.29, 1.82) is 0 Å². The van der Waals surface area contributed by atoms with Gasteiger partial charge in [0.1, 0.15) is 5.82 Å². The smallest absolute Gasteiger partial charge is 0.149 e. The minimum absolute atomic E-state index is 0.621. The van der Waals surface area contributed by atoms with Crippen LogP contribution >= 0.6 is 11.3 Å². The average Bonchev–Trinajstić information content (AvgIpc) is 2.71. The third-order valence-corrected chi connectivity index (χ3v) is 3.84. The number of thiophene rings is 1. The summed E-state index contributed by atoms with van der Waals surface area (Å²) in [5.41, 5.74) is 9.32. The summed E-state index contributed by atoms with van der Waals surface area (Å²) >= 11 is 1.78. The van der Waals surface area contributed by atoms with Crippen molar-refractivity contribution in [2.75, 3.05) is 5.73 Å². The quantitative estimate of drug-likeness (QED) is 0.819. The summed E-state index contributed by atoms with van der Waals surface area (Å²) in [6, 6.07) is 2.19. The van der Waals surface area contributed by atoms with Crippen molar-refractivity contribution in [3.8, 4) is 10.6 Å². The molecule has 2 aromatic rings. The Balaban J connectivity index is 2.53. The summed E-state index contributed by atoms with van der Waals surface area (Å²) in [7, 11) is 0. The number of H-pyrrole nitrogens is 1. The van der Waals surface area contributed by atoms with Gasteiger partial charge in [0, 0.05) is 10.4 Å². The maximum atomic E-state index is 5.80. The Labute approximate surface area is 93.3 Å². The van der Waals surface area contributed by atoms with E-state index in [1.165, 1.54) is 15.3 Å². The number of aromatic amines is 1. The van der Waals surface area contributed by atoms with Gasteiger partial charge in [-0.05, 0) is 31.9 Å². The van der Waals surface area contributed by atoms with Gasteiger partial charge >= 0.3 is 0 Å². The summed E-state index contributed by atoms with van der Waals surface area (Å²) in [5, 5.41) is 7.08. The van der Waals surface area contributed by atoms with Crippen molar-refractivity contribution in [2.45, 2.75) is 27.2 Å². The van der Waals surface area contributed by atoms with Gasteiger partial charge in [-0.25, -0.2) is 0 Å². The second kappa shape index (κ2) is 3.70. The van der Waals surface area contributed by atoms with Gasteiger partial charge in [0.05, 0.1) is 10.6 Å². The van der Waals surface area contributed by atoms with E-state index in [1.54, 1.807) is 11.3 Å². The van der Waals surface area contributed by atoms with Crippen LogP contribution in [0.15, 0.2) is 6.07 Å². The number of nitrogens with one attached hydrogen (secondary N) is 1. The summed E-state index contributed by atoms with van der Waals surface area (Å²) in [4.78, 5) is 2.58. The van der Waals surface area contributed by atoms with E-state index < -0.39 is 0 Å². The lowest BCUT2D eigenvalue weighted by atomic mass is 10.1. The van der Waals surface area contributed by atoms with Crippen LogP contribution in [0.3, 0.4) is 0 Å². The monoisotopic (exact) mass is 221 g/mol. The third-order valence-electron chi connectivity index (χ3n) is 2.67. The van der Waals surface area contributed by atoms with Crippen molar-refractivity contribution >= 4 is 17.2 Å². The fourth-order valence-corrected chi connectivity index (χ4v) is 2.69. The molecule has 0 aromatic carbocycles. The third kappa shape index (κ3) is 1.65. The Morgan fingerprint density at radius 3 is 2.73 bits per heavy atom. The number of hydrogen-bond donors (Lipinski definition) is 2. The Bertz CT molecular complexity index is 462. The molecule has 0 aliphatic rings. The first kappa shape index (κ1) is 10.2. The average molecular weight is 221 g/mol. The molecule has 0 aliphatic carbocycles. The second-order valence-electron chi connectivity index (χ2n) is 3.67. The molecule has 0 saturated heterocycles. The Kier molecular flexibility index (Phi) is 2.52. The number of aromatic nitrogens is 2. The Morgan fingerprint density at radius 2 is 2.20 bits per heavy atom. The van der Waals surface area contributed by atoms with Gasteiger partial charge in [-0.15, -0.1) is 11.3 Å². The van der Waals surface area contributed by atoms with Crippen LogP contribution in [0.4, 0.5) is 5.82 Å². The van der Waals surface area contributed by atoms with E-state index in [-0.39, 0.29) is 0 Å². The first-order valence-electron chi connectivity index (χ1n) is 5.03. The summed E-state index contributed by atoms with van der Waals surface area (Å²) in [5.74, 6) is 0.621. The molecule has 3 N–H and O–H groups in total. The van der Waals surface area contributed by atoms with Gasteiger partial charge in [0.2, 0.25) is 0 Å². The molecule has 0 fully saturated rings. The van der Waals surface area contributed by atoms with Crippen molar-refractivity contribution in [3.05, 3.63) is 22.1 Å². The number of hydrogen-bond acceptors (Lipinski definition) is 3. The van der Waals surface area contributed by atoms with E-state index in [0.717, 1.165) is 17.7 Å². The molecule has 0 atom stereocenters. The van der Waals surface area contributed by atoms with Crippen molar-refractivity contribution < 1.29 is 0 Å². The standard InChI is InChI=1S/C11H15N3S/c1-4-8-10(13-14-11(8)12)9-5-6(2)7(3)15-9/h5H,4H2,1-3H3,(H3,12,13,14). The zero-order valence-electron chi connectivity index (χ0n) is 9.22. The van der Waals surface area contributed by atoms with Crippen LogP contribution in [-0.4, -0.2) is 10.2 Å². The lowest BCUT2D eigenvalue weighted by Gasteiger charge is -1.97. The number of nitrogen functional groups attached to an aromatic ring is 1. The number of anilines is 1. The molecule has 2 aromatic heterocycles. The first-order chi connectivity index (χ1) is 7.13. The molecule has 3 nitrogen and oxygen atoms in total. The number of rotatable bonds is 2. The Morgan fingerprint density at radius 1 is 1.47 bits per heavy atom. The molecule has 2 heterocycles. The molecular formula is C11H15N3S. The number of aryl methyl sites for hydroxylation is 2. The highest BCUT2D eigenvalue weighted by atomic mass is 32.1. The first-order valence-corrected chi connectivity index (χ1v) is 5.85. The fourth-order valence-electron chi connectivity index (χ4n) is 1.64. The van der Waals surface area contributed by atoms with Crippen LogP contribution in [-0.2, 0) is 6.42 Å². The zero-order chi connectivity index (χ0) is 11.0. The predicted molar refractivity (Wildman–Crippen MR) is 65.2 cm³/mol. The van der Waals surface area contributed by atoms with Gasteiger partial charge in [0.15, 0.2) is 0 Å². The number of nitrogens with two attached hydrogens (primary N) is 1. The molecule has 2 rings (SSSR count). The van der Waals surface area contributed by atoms with Crippen LogP contribution in [0, 0.1) is 13.8 Å². The normalized spacial score (nSPS) is 10.9. The van der Waals surface area contributed by atoms with Gasteiger partial charge in [-0.3, -0.25) is 5.10 Å². The predicted octanol–water partition coefficient (Wildman–Crippen LogP) is 2.90. The molecular weight excluding hydrogens is 206 g/mol. The lowest BCUT2D eigenvalue weighted by Crippen LogP contribution is -1.90. The van der Waals surface area contributed by atoms with E-state index in [0.29, 0.717) is 5.82 Å². The van der Waals surface area contributed by atoms with E-state index in [9.17, 15) is 0 Å². The van der Waals surface area contributed by atoms with E-state index >= 15 is 0 Å². The molecule has 15 heavy (non-hydrogen) atoms. The molecule has 0 saturated carbocycles. The summed E-state index contributed by atoms with van der Waals surface area (Å²) in [6.07, 6.45) is 0.910. The summed E-state index contributed by atoms with van der Waals surface area (Å²) in [6.45, 7) is 6.35. The topological polar surface area (TPSA) is 54.7 Å². The van der Waals surface area contributed by atoms with Gasteiger partial charge in [-0.2, -0.15) is 5.10 Å². The maximum absolute atomic E-state index is 5.80. The molecule has 0 radical (unpaired) electrons. The van der Waals surface area contributed by atoms with Crippen LogP contribution in [0.25, 0.3) is 10.6 Å². The number of nitrogens with zero attached hydrogens (tertiary/aromatic N) is 1. The molecule has 0 spiro atoms. The van der Waals surface area contributed by atoms with Crippen LogP contribution in [0.5, 0.6) is 0 Å². The van der Waals surface area contributed by atoms with Crippen molar-refractivity contribution in [2.24, 2.45) is 0 Å². The van der Waals surface area contributed by atoms with Crippen LogP contribution in [0.1, 0.15) is 22.9 Å². The minimum Gasteiger partial charge on any atom is -0.382 e. The second-order valence-corrected chi connectivity index (χ2v) is 4.92. The molecule has 0 unspecified atom stereocenters. The minimum atomic E-state index is 0.621. The fraction of sp³-hybridized carbons (Fsp3) is 0.364. The van der Waals surface area contributed by atoms with Crippen molar-refractivity contribution in [3.63, 3.8) is 0 Å². The van der Waals surface area contributed by atoms with Gasteiger partial charge in [0.25, 0.3) is 0 Å². The largest absolute Gasteiger partial charge is 0.382 e.